The molecule has 3 aromatic rings. The van der Waals surface area contributed by atoms with Gasteiger partial charge in [-0.1, -0.05) is 36.4 Å². The van der Waals surface area contributed by atoms with Gasteiger partial charge in [0.05, 0.1) is 23.5 Å². The van der Waals surface area contributed by atoms with Crippen molar-refractivity contribution in [3.8, 4) is 0 Å². The standard InChI is InChI=1S/C27H33N5O2S/c1-18-8-9-19(22(16-27(33)34)20-10-11-24(31(3)29)23(28)15-20)14-21(18)17-32-13-12-30(2)25-6-4-5-7-26(25)35-32/h4-11,14-15,22H,12-13,16-17,28-29H2,1-3H3,(H,33,34). The van der Waals surface area contributed by atoms with Crippen molar-refractivity contribution in [2.24, 2.45) is 5.84 Å². The molecule has 0 bridgehead atoms. The summed E-state index contributed by atoms with van der Waals surface area (Å²) >= 11 is 1.78. The van der Waals surface area contributed by atoms with E-state index in [9.17, 15) is 9.90 Å². The number of nitrogen functional groups attached to an aromatic ring is 1. The summed E-state index contributed by atoms with van der Waals surface area (Å²) in [5.74, 6) is 4.70. The van der Waals surface area contributed by atoms with Gasteiger partial charge in [-0.2, -0.15) is 0 Å². The highest BCUT2D eigenvalue weighted by molar-refractivity contribution is 7.97. The molecule has 1 aliphatic heterocycles. The van der Waals surface area contributed by atoms with E-state index in [1.165, 1.54) is 26.7 Å². The molecule has 0 saturated heterocycles. The van der Waals surface area contributed by atoms with Gasteiger partial charge in [0.2, 0.25) is 0 Å². The van der Waals surface area contributed by atoms with Crippen LogP contribution in [0.3, 0.4) is 0 Å². The SMILES string of the molecule is Cc1ccc(C(CC(=O)O)c2ccc(N(C)N)c(N)c2)cc1CN1CCN(C)c2ccccc2S1. The highest BCUT2D eigenvalue weighted by Gasteiger charge is 2.22. The van der Waals surface area contributed by atoms with Crippen LogP contribution < -0.4 is 21.5 Å². The molecule has 1 aliphatic rings. The molecule has 1 heterocycles. The molecule has 4 rings (SSSR count). The number of aryl methyl sites for hydroxylation is 1. The Morgan fingerprint density at radius 3 is 2.54 bits per heavy atom. The summed E-state index contributed by atoms with van der Waals surface area (Å²) in [5.41, 5.74) is 12.9. The van der Waals surface area contributed by atoms with Crippen LogP contribution in [0.2, 0.25) is 0 Å². The van der Waals surface area contributed by atoms with Crippen LogP contribution in [-0.2, 0) is 11.3 Å². The molecule has 3 aromatic carbocycles. The van der Waals surface area contributed by atoms with Crippen molar-refractivity contribution >= 4 is 35.0 Å². The number of carbonyl (C=O) groups is 1. The molecule has 184 valence electrons. The number of nitrogens with two attached hydrogens (primary N) is 2. The number of hydrogen-bond acceptors (Lipinski definition) is 7. The molecular weight excluding hydrogens is 458 g/mol. The number of carboxylic acids is 1. The van der Waals surface area contributed by atoms with Crippen LogP contribution in [0.4, 0.5) is 17.1 Å². The Morgan fingerprint density at radius 1 is 1.11 bits per heavy atom. The normalized spacial score (nSPS) is 14.8. The molecule has 0 radical (unpaired) electrons. The lowest BCUT2D eigenvalue weighted by Crippen LogP contribution is -2.26. The predicted octanol–water partition coefficient (Wildman–Crippen LogP) is 4.45. The van der Waals surface area contributed by atoms with Crippen molar-refractivity contribution in [2.45, 2.75) is 30.7 Å². The topological polar surface area (TPSA) is 99.1 Å². The fourth-order valence-electron chi connectivity index (χ4n) is 4.51. The summed E-state index contributed by atoms with van der Waals surface area (Å²) in [5, 5.41) is 11.1. The Labute approximate surface area is 211 Å². The van der Waals surface area contributed by atoms with Gasteiger partial charge in [-0.25, -0.2) is 10.1 Å². The summed E-state index contributed by atoms with van der Waals surface area (Å²) < 4.78 is 2.38. The number of para-hydroxylation sites is 1. The molecule has 0 aromatic heterocycles. The number of hydrazine groups is 1. The molecule has 7 nitrogen and oxygen atoms in total. The van der Waals surface area contributed by atoms with Crippen molar-refractivity contribution in [3.63, 3.8) is 0 Å². The van der Waals surface area contributed by atoms with Crippen molar-refractivity contribution in [2.75, 3.05) is 42.8 Å². The Morgan fingerprint density at radius 2 is 1.83 bits per heavy atom. The maximum Gasteiger partial charge on any atom is 0.304 e. The lowest BCUT2D eigenvalue weighted by molar-refractivity contribution is -0.137. The smallest absolute Gasteiger partial charge is 0.304 e. The first-order chi connectivity index (χ1) is 16.7. The zero-order chi connectivity index (χ0) is 25.1. The third-order valence-electron chi connectivity index (χ3n) is 6.52. The molecule has 0 spiro atoms. The number of anilines is 3. The summed E-state index contributed by atoms with van der Waals surface area (Å²) in [6.45, 7) is 4.73. The van der Waals surface area contributed by atoms with Crippen LogP contribution in [0.1, 0.15) is 34.6 Å². The first-order valence-electron chi connectivity index (χ1n) is 11.6. The van der Waals surface area contributed by atoms with Gasteiger partial charge in [0.1, 0.15) is 0 Å². The Hall–Kier alpha value is -3.20. The number of likely N-dealkylation sites (N-methyl/N-ethyl adjacent to an activating group) is 1. The van der Waals surface area contributed by atoms with E-state index in [1.807, 2.05) is 24.3 Å². The average molecular weight is 492 g/mol. The third-order valence-corrected chi connectivity index (χ3v) is 7.64. The molecule has 35 heavy (non-hydrogen) atoms. The number of fused-ring (bicyclic) bond motifs is 1. The minimum Gasteiger partial charge on any atom is -0.481 e. The van der Waals surface area contributed by atoms with Crippen molar-refractivity contribution in [3.05, 3.63) is 82.9 Å². The van der Waals surface area contributed by atoms with Crippen molar-refractivity contribution in [1.29, 1.82) is 0 Å². The average Bonchev–Trinajstić information content (AvgIpc) is 2.97. The third kappa shape index (κ3) is 5.73. The minimum absolute atomic E-state index is 0.0175. The molecule has 8 heteroatoms. The van der Waals surface area contributed by atoms with Crippen LogP contribution in [-0.4, -0.2) is 42.6 Å². The van der Waals surface area contributed by atoms with Crippen LogP contribution in [0.5, 0.6) is 0 Å². The maximum atomic E-state index is 11.8. The number of benzene rings is 3. The maximum absolute atomic E-state index is 11.8. The molecule has 0 fully saturated rings. The van der Waals surface area contributed by atoms with E-state index in [0.717, 1.165) is 30.8 Å². The molecule has 5 N–H and O–H groups in total. The lowest BCUT2D eigenvalue weighted by Gasteiger charge is -2.23. The van der Waals surface area contributed by atoms with Crippen molar-refractivity contribution in [1.82, 2.24) is 4.31 Å². The lowest BCUT2D eigenvalue weighted by atomic mass is 9.86. The highest BCUT2D eigenvalue weighted by Crippen LogP contribution is 2.37. The fraction of sp³-hybridized carbons (Fsp3) is 0.296. The summed E-state index contributed by atoms with van der Waals surface area (Å²) in [4.78, 5) is 15.3. The first kappa shape index (κ1) is 24.9. The van der Waals surface area contributed by atoms with Gasteiger partial charge in [0, 0.05) is 44.5 Å². The molecule has 0 amide bonds. The minimum atomic E-state index is -0.849. The van der Waals surface area contributed by atoms with Gasteiger partial charge in [-0.05, 0) is 65.4 Å². The van der Waals surface area contributed by atoms with E-state index in [2.05, 4.69) is 59.6 Å². The van der Waals surface area contributed by atoms with Crippen LogP contribution >= 0.6 is 11.9 Å². The van der Waals surface area contributed by atoms with Gasteiger partial charge in [-0.3, -0.25) is 4.79 Å². The molecule has 0 saturated carbocycles. The molecular formula is C27H33N5O2S. The Bertz CT molecular complexity index is 1220. The summed E-state index contributed by atoms with van der Waals surface area (Å²) in [6.07, 6.45) is -0.0175. The zero-order valence-corrected chi connectivity index (χ0v) is 21.3. The number of rotatable bonds is 7. The van der Waals surface area contributed by atoms with Gasteiger partial charge >= 0.3 is 5.97 Å². The first-order valence-corrected chi connectivity index (χ1v) is 12.4. The van der Waals surface area contributed by atoms with Crippen LogP contribution in [0, 0.1) is 6.92 Å². The number of hydrogen-bond donors (Lipinski definition) is 3. The second kappa shape index (κ2) is 10.6. The summed E-state index contributed by atoms with van der Waals surface area (Å²) in [6, 6.07) is 20.3. The Balaban J connectivity index is 1.64. The summed E-state index contributed by atoms with van der Waals surface area (Å²) in [7, 11) is 3.86. The quantitative estimate of drug-likeness (QED) is 0.193. The number of nitrogens with zero attached hydrogens (tertiary/aromatic N) is 3. The van der Waals surface area contributed by atoms with Gasteiger partial charge in [0.25, 0.3) is 0 Å². The monoisotopic (exact) mass is 491 g/mol. The number of aliphatic carboxylic acids is 1. The van der Waals surface area contributed by atoms with Crippen LogP contribution in [0.25, 0.3) is 0 Å². The van der Waals surface area contributed by atoms with Crippen molar-refractivity contribution < 1.29 is 9.90 Å². The highest BCUT2D eigenvalue weighted by atomic mass is 32.2. The molecule has 0 aliphatic carbocycles. The Kier molecular flexibility index (Phi) is 7.54. The van der Waals surface area contributed by atoms with E-state index >= 15 is 0 Å². The predicted molar refractivity (Wildman–Crippen MR) is 145 cm³/mol. The van der Waals surface area contributed by atoms with E-state index in [0.29, 0.717) is 11.4 Å². The fourth-order valence-corrected chi connectivity index (χ4v) is 5.62. The van der Waals surface area contributed by atoms with E-state index < -0.39 is 5.97 Å². The number of carboxylic acid groups (broad SMARTS) is 1. The van der Waals surface area contributed by atoms with Crippen LogP contribution in [0.15, 0.2) is 65.6 Å². The zero-order valence-electron chi connectivity index (χ0n) is 20.4. The van der Waals surface area contributed by atoms with Gasteiger partial charge < -0.3 is 20.7 Å². The largest absolute Gasteiger partial charge is 0.481 e. The van der Waals surface area contributed by atoms with E-state index in [4.69, 9.17) is 11.6 Å². The molecule has 1 atom stereocenters. The second-order valence-electron chi connectivity index (χ2n) is 9.11. The van der Waals surface area contributed by atoms with Gasteiger partial charge in [-0.15, -0.1) is 0 Å². The second-order valence-corrected chi connectivity index (χ2v) is 10.2. The molecule has 1 unspecified atom stereocenters. The van der Waals surface area contributed by atoms with E-state index in [1.54, 1.807) is 19.0 Å². The van der Waals surface area contributed by atoms with E-state index in [-0.39, 0.29) is 12.3 Å². The van der Waals surface area contributed by atoms with Gasteiger partial charge in [0.15, 0.2) is 0 Å².